The largest absolute Gasteiger partial charge is 0.383 e. The summed E-state index contributed by atoms with van der Waals surface area (Å²) in [6.07, 6.45) is 2.38. The maximum Gasteiger partial charge on any atom is 0.191 e. The van der Waals surface area contributed by atoms with E-state index >= 15 is 0 Å². The number of rotatable bonds is 5. The summed E-state index contributed by atoms with van der Waals surface area (Å²) in [6.45, 7) is 4.78. The van der Waals surface area contributed by atoms with E-state index in [4.69, 9.17) is 11.0 Å². The first-order valence-electron chi connectivity index (χ1n) is 5.40. The van der Waals surface area contributed by atoms with E-state index in [9.17, 15) is 0 Å². The maximum atomic E-state index is 8.66. The summed E-state index contributed by atoms with van der Waals surface area (Å²) in [4.78, 5) is 10.6. The van der Waals surface area contributed by atoms with Gasteiger partial charge in [-0.15, -0.1) is 0 Å². The highest BCUT2D eigenvalue weighted by Crippen LogP contribution is 2.20. The lowest BCUT2D eigenvalue weighted by Gasteiger charge is -2.27. The van der Waals surface area contributed by atoms with Crippen LogP contribution >= 0.6 is 11.8 Å². The topological polar surface area (TPSA) is 78.8 Å². The molecule has 17 heavy (non-hydrogen) atoms. The second-order valence-corrected chi connectivity index (χ2v) is 4.61. The molecule has 0 unspecified atom stereocenters. The molecule has 0 aromatic carbocycles. The third kappa shape index (κ3) is 3.79. The Kier molecular flexibility index (Phi) is 5.04. The third-order valence-electron chi connectivity index (χ3n) is 2.28. The Labute approximate surface area is 106 Å². The highest BCUT2D eigenvalue weighted by molar-refractivity contribution is 7.98. The van der Waals surface area contributed by atoms with E-state index in [0.717, 1.165) is 5.82 Å². The Morgan fingerprint density at radius 2 is 2.24 bits per heavy atom. The minimum atomic E-state index is 0.271. The van der Waals surface area contributed by atoms with Crippen molar-refractivity contribution < 1.29 is 0 Å². The molecule has 1 heterocycles. The van der Waals surface area contributed by atoms with Gasteiger partial charge < -0.3 is 10.6 Å². The molecule has 1 aromatic rings. The second-order valence-electron chi connectivity index (χ2n) is 3.83. The van der Waals surface area contributed by atoms with Crippen LogP contribution in [0.25, 0.3) is 0 Å². The fraction of sp³-hybridized carbons (Fsp3) is 0.545. The molecule has 0 atom stereocenters. The fourth-order valence-electron chi connectivity index (χ4n) is 1.48. The minimum absolute atomic E-state index is 0.271. The van der Waals surface area contributed by atoms with Gasteiger partial charge in [0.2, 0.25) is 0 Å². The monoisotopic (exact) mass is 251 g/mol. The molecule has 0 bridgehead atoms. The predicted octanol–water partition coefficient (Wildman–Crippen LogP) is 1.91. The lowest BCUT2D eigenvalue weighted by Crippen LogP contribution is -2.32. The van der Waals surface area contributed by atoms with Gasteiger partial charge in [0.15, 0.2) is 5.16 Å². The summed E-state index contributed by atoms with van der Waals surface area (Å²) in [6, 6.07) is 4.16. The zero-order chi connectivity index (χ0) is 12.8. The van der Waals surface area contributed by atoms with Gasteiger partial charge in [0.25, 0.3) is 0 Å². The Balaban J connectivity index is 3.01. The standard InChI is InChI=1S/C11H17N5S/c1-8(2)16(6-4-5-12)10-7-9(13)14-11(15-10)17-3/h7-8H,4,6H2,1-3H3,(H2,13,14,15). The molecule has 0 saturated carbocycles. The number of thioether (sulfide) groups is 1. The van der Waals surface area contributed by atoms with Gasteiger partial charge in [0.1, 0.15) is 11.6 Å². The van der Waals surface area contributed by atoms with E-state index < -0.39 is 0 Å². The summed E-state index contributed by atoms with van der Waals surface area (Å²) in [5.74, 6) is 1.24. The molecule has 92 valence electrons. The van der Waals surface area contributed by atoms with Gasteiger partial charge in [0.05, 0.1) is 12.5 Å². The first-order chi connectivity index (χ1) is 8.08. The highest BCUT2D eigenvalue weighted by Gasteiger charge is 2.13. The SMILES string of the molecule is CSc1nc(N)cc(N(CCC#N)C(C)C)n1. The molecule has 1 aromatic heterocycles. The molecule has 0 aliphatic heterocycles. The van der Waals surface area contributed by atoms with Crippen LogP contribution in [0, 0.1) is 11.3 Å². The molecular formula is C11H17N5S. The van der Waals surface area contributed by atoms with Gasteiger partial charge in [-0.3, -0.25) is 0 Å². The van der Waals surface area contributed by atoms with Crippen LogP contribution in [0.4, 0.5) is 11.6 Å². The van der Waals surface area contributed by atoms with Crippen molar-refractivity contribution >= 4 is 23.4 Å². The Morgan fingerprint density at radius 1 is 1.53 bits per heavy atom. The quantitative estimate of drug-likeness (QED) is 0.636. The Bertz CT molecular complexity index is 413. The first kappa shape index (κ1) is 13.6. The van der Waals surface area contributed by atoms with E-state index in [1.54, 1.807) is 6.07 Å². The summed E-state index contributed by atoms with van der Waals surface area (Å²) in [7, 11) is 0. The maximum absolute atomic E-state index is 8.66. The van der Waals surface area contributed by atoms with Crippen LogP contribution in [0.2, 0.25) is 0 Å². The number of aromatic nitrogens is 2. The summed E-state index contributed by atoms with van der Waals surface area (Å²) in [5.41, 5.74) is 5.75. The van der Waals surface area contributed by atoms with Gasteiger partial charge in [-0.05, 0) is 20.1 Å². The molecule has 0 spiro atoms. The molecule has 0 saturated heterocycles. The van der Waals surface area contributed by atoms with Crippen molar-refractivity contribution in [3.05, 3.63) is 6.07 Å². The molecule has 5 nitrogen and oxygen atoms in total. The molecule has 6 heteroatoms. The predicted molar refractivity (Wildman–Crippen MR) is 70.9 cm³/mol. The van der Waals surface area contributed by atoms with E-state index in [1.165, 1.54) is 11.8 Å². The molecule has 1 rings (SSSR count). The third-order valence-corrected chi connectivity index (χ3v) is 2.82. The van der Waals surface area contributed by atoms with E-state index in [2.05, 4.69) is 34.8 Å². The van der Waals surface area contributed by atoms with Crippen LogP contribution in [0.5, 0.6) is 0 Å². The number of nitrogens with two attached hydrogens (primary N) is 1. The molecule has 2 N–H and O–H groups in total. The number of anilines is 2. The lowest BCUT2D eigenvalue weighted by atomic mass is 10.3. The molecule has 0 amide bonds. The van der Waals surface area contributed by atoms with E-state index in [-0.39, 0.29) is 6.04 Å². The summed E-state index contributed by atoms with van der Waals surface area (Å²) < 4.78 is 0. The number of hydrogen-bond donors (Lipinski definition) is 1. The van der Waals surface area contributed by atoms with Gasteiger partial charge in [-0.2, -0.15) is 5.26 Å². The summed E-state index contributed by atoms with van der Waals surface area (Å²) >= 11 is 1.46. The zero-order valence-electron chi connectivity index (χ0n) is 10.3. The minimum Gasteiger partial charge on any atom is -0.383 e. The number of nitrogens with zero attached hydrogens (tertiary/aromatic N) is 4. The fourth-order valence-corrected chi connectivity index (χ4v) is 1.86. The van der Waals surface area contributed by atoms with Gasteiger partial charge in [-0.25, -0.2) is 9.97 Å². The van der Waals surface area contributed by atoms with Crippen LogP contribution < -0.4 is 10.6 Å². The van der Waals surface area contributed by atoms with Crippen molar-refractivity contribution in [3.8, 4) is 6.07 Å². The number of nitrogen functional groups attached to an aromatic ring is 1. The first-order valence-corrected chi connectivity index (χ1v) is 6.63. The second kappa shape index (κ2) is 6.30. The van der Waals surface area contributed by atoms with Gasteiger partial charge >= 0.3 is 0 Å². The molecular weight excluding hydrogens is 234 g/mol. The van der Waals surface area contributed by atoms with Crippen molar-refractivity contribution in [2.75, 3.05) is 23.4 Å². The molecule has 0 aliphatic carbocycles. The Morgan fingerprint density at radius 3 is 2.76 bits per heavy atom. The van der Waals surface area contributed by atoms with Crippen LogP contribution in [-0.2, 0) is 0 Å². The zero-order valence-corrected chi connectivity index (χ0v) is 11.2. The van der Waals surface area contributed by atoms with Crippen molar-refractivity contribution in [2.24, 2.45) is 0 Å². The Hall–Kier alpha value is -1.48. The van der Waals surface area contributed by atoms with Crippen LogP contribution in [0.3, 0.4) is 0 Å². The summed E-state index contributed by atoms with van der Waals surface area (Å²) in [5, 5.41) is 9.32. The van der Waals surface area contributed by atoms with Gasteiger partial charge in [0, 0.05) is 18.7 Å². The number of hydrogen-bond acceptors (Lipinski definition) is 6. The smallest absolute Gasteiger partial charge is 0.191 e. The highest BCUT2D eigenvalue weighted by atomic mass is 32.2. The average Bonchev–Trinajstić information content (AvgIpc) is 2.28. The molecule has 0 fully saturated rings. The van der Waals surface area contributed by atoms with Crippen LogP contribution in [0.1, 0.15) is 20.3 Å². The molecule has 0 radical (unpaired) electrons. The van der Waals surface area contributed by atoms with Crippen molar-refractivity contribution in [2.45, 2.75) is 31.5 Å². The van der Waals surface area contributed by atoms with Crippen molar-refractivity contribution in [1.29, 1.82) is 5.26 Å². The van der Waals surface area contributed by atoms with Gasteiger partial charge in [-0.1, -0.05) is 11.8 Å². The normalized spacial score (nSPS) is 10.3. The molecule has 0 aliphatic rings. The number of nitriles is 1. The van der Waals surface area contributed by atoms with Crippen molar-refractivity contribution in [1.82, 2.24) is 9.97 Å². The van der Waals surface area contributed by atoms with E-state index in [0.29, 0.717) is 23.9 Å². The average molecular weight is 251 g/mol. The van der Waals surface area contributed by atoms with E-state index in [1.807, 2.05) is 6.26 Å². The van der Waals surface area contributed by atoms with Crippen LogP contribution in [0.15, 0.2) is 11.2 Å². The van der Waals surface area contributed by atoms with Crippen LogP contribution in [-0.4, -0.2) is 28.8 Å². The van der Waals surface area contributed by atoms with Crippen molar-refractivity contribution in [3.63, 3.8) is 0 Å². The lowest BCUT2D eigenvalue weighted by molar-refractivity contribution is 0.670.